The molecule has 5 nitrogen and oxygen atoms in total. The van der Waals surface area contributed by atoms with Gasteiger partial charge < -0.3 is 4.74 Å². The maximum absolute atomic E-state index is 11.4. The molecule has 2 fully saturated rings. The van der Waals surface area contributed by atoms with Gasteiger partial charge in [0.25, 0.3) is 5.91 Å². The summed E-state index contributed by atoms with van der Waals surface area (Å²) in [6.07, 6.45) is 6.74. The van der Waals surface area contributed by atoms with Crippen LogP contribution in [0.4, 0.5) is 0 Å². The molecule has 0 aromatic carbocycles. The Kier molecular flexibility index (Phi) is 4.97. The third kappa shape index (κ3) is 3.67. The normalized spacial score (nSPS) is 27.7. The summed E-state index contributed by atoms with van der Waals surface area (Å²) in [5.41, 5.74) is 2.17. The average molecular weight is 255 g/mol. The van der Waals surface area contributed by atoms with Gasteiger partial charge in [0.15, 0.2) is 0 Å². The number of rotatable bonds is 7. The van der Waals surface area contributed by atoms with Crippen molar-refractivity contribution in [3.05, 3.63) is 0 Å². The van der Waals surface area contributed by atoms with Crippen molar-refractivity contribution in [2.45, 2.75) is 63.7 Å². The lowest BCUT2D eigenvalue weighted by molar-refractivity contribution is -0.132. The highest BCUT2D eigenvalue weighted by Gasteiger charge is 2.35. The number of hydrogen-bond donors (Lipinski definition) is 2. The van der Waals surface area contributed by atoms with E-state index < -0.39 is 0 Å². The highest BCUT2D eigenvalue weighted by molar-refractivity contribution is 5.80. The van der Waals surface area contributed by atoms with Crippen molar-refractivity contribution in [2.75, 3.05) is 13.1 Å². The van der Waals surface area contributed by atoms with Crippen molar-refractivity contribution in [3.8, 4) is 0 Å². The fraction of sp³-hybridized carbons (Fsp3) is 0.923. The number of carbonyl (C=O) groups excluding carboxylic acids is 1. The van der Waals surface area contributed by atoms with Gasteiger partial charge in [0.05, 0.1) is 6.10 Å². The van der Waals surface area contributed by atoms with E-state index >= 15 is 0 Å². The number of carbonyl (C=O) groups is 1. The van der Waals surface area contributed by atoms with Gasteiger partial charge in [0.2, 0.25) is 0 Å². The number of nitrogens with one attached hydrogen (secondary N) is 1. The largest absolute Gasteiger partial charge is 0.364 e. The van der Waals surface area contributed by atoms with Gasteiger partial charge in [-0.1, -0.05) is 13.3 Å². The van der Waals surface area contributed by atoms with E-state index in [0.29, 0.717) is 0 Å². The first-order valence-corrected chi connectivity index (χ1v) is 7.14. The first kappa shape index (κ1) is 13.8. The molecule has 0 aromatic rings. The van der Waals surface area contributed by atoms with Gasteiger partial charge in [-0.15, -0.1) is 0 Å². The van der Waals surface area contributed by atoms with Crippen molar-refractivity contribution in [2.24, 2.45) is 5.84 Å². The number of nitrogens with zero attached hydrogens (tertiary/aromatic N) is 1. The minimum Gasteiger partial charge on any atom is -0.364 e. The Morgan fingerprint density at radius 1 is 1.39 bits per heavy atom. The average Bonchev–Trinajstić information content (AvgIpc) is 3.13. The van der Waals surface area contributed by atoms with Crippen LogP contribution in [0.1, 0.15) is 45.4 Å². The van der Waals surface area contributed by atoms with E-state index in [2.05, 4.69) is 17.2 Å². The van der Waals surface area contributed by atoms with Gasteiger partial charge >= 0.3 is 0 Å². The molecule has 0 spiro atoms. The monoisotopic (exact) mass is 255 g/mol. The van der Waals surface area contributed by atoms with Crippen LogP contribution in [0.2, 0.25) is 0 Å². The predicted molar refractivity (Wildman–Crippen MR) is 69.7 cm³/mol. The molecule has 0 radical (unpaired) electrons. The standard InChI is InChI=1S/C13H25N3O2/c1-2-3-8-16(10-4-5-10)9-11-6-7-12(18-11)13(17)15-14/h10-12H,2-9,14H2,1H3,(H,15,17). The van der Waals surface area contributed by atoms with E-state index in [4.69, 9.17) is 10.6 Å². The van der Waals surface area contributed by atoms with Crippen LogP contribution >= 0.6 is 0 Å². The van der Waals surface area contributed by atoms with Crippen LogP contribution in [-0.2, 0) is 9.53 Å². The van der Waals surface area contributed by atoms with Crippen LogP contribution in [0.25, 0.3) is 0 Å². The molecule has 1 heterocycles. The van der Waals surface area contributed by atoms with Crippen molar-refractivity contribution in [1.82, 2.24) is 10.3 Å². The molecule has 18 heavy (non-hydrogen) atoms. The maximum atomic E-state index is 11.4. The van der Waals surface area contributed by atoms with Gasteiger partial charge in [-0.05, 0) is 38.6 Å². The summed E-state index contributed by atoms with van der Waals surface area (Å²) >= 11 is 0. The highest BCUT2D eigenvalue weighted by Crippen LogP contribution is 2.29. The smallest absolute Gasteiger partial charge is 0.263 e. The van der Waals surface area contributed by atoms with Crippen molar-refractivity contribution in [1.29, 1.82) is 0 Å². The van der Waals surface area contributed by atoms with Crippen LogP contribution in [-0.4, -0.2) is 42.1 Å². The van der Waals surface area contributed by atoms with Crippen LogP contribution in [0.5, 0.6) is 0 Å². The molecule has 0 aromatic heterocycles. The lowest BCUT2D eigenvalue weighted by Gasteiger charge is -2.25. The molecule has 1 saturated heterocycles. The molecule has 2 rings (SSSR count). The fourth-order valence-corrected chi connectivity index (χ4v) is 2.61. The summed E-state index contributed by atoms with van der Waals surface area (Å²) < 4.78 is 5.77. The van der Waals surface area contributed by atoms with Crippen LogP contribution in [0, 0.1) is 0 Å². The molecular formula is C13H25N3O2. The zero-order valence-electron chi connectivity index (χ0n) is 11.2. The van der Waals surface area contributed by atoms with Crippen molar-refractivity contribution < 1.29 is 9.53 Å². The molecule has 1 saturated carbocycles. The minimum atomic E-state index is -0.341. The first-order chi connectivity index (χ1) is 8.74. The Morgan fingerprint density at radius 2 is 2.17 bits per heavy atom. The Morgan fingerprint density at radius 3 is 2.78 bits per heavy atom. The molecule has 1 aliphatic carbocycles. The summed E-state index contributed by atoms with van der Waals surface area (Å²) in [5, 5.41) is 0. The molecular weight excluding hydrogens is 230 g/mol. The Hall–Kier alpha value is -0.650. The number of hydrazine groups is 1. The van der Waals surface area contributed by atoms with E-state index in [-0.39, 0.29) is 18.1 Å². The van der Waals surface area contributed by atoms with Crippen LogP contribution in [0.15, 0.2) is 0 Å². The minimum absolute atomic E-state index is 0.191. The van der Waals surface area contributed by atoms with Gasteiger partial charge in [-0.3, -0.25) is 15.1 Å². The van der Waals surface area contributed by atoms with Gasteiger partial charge in [0, 0.05) is 12.6 Å². The second kappa shape index (κ2) is 6.50. The Labute approximate surface area is 109 Å². The summed E-state index contributed by atoms with van der Waals surface area (Å²) in [4.78, 5) is 13.9. The molecule has 2 atom stereocenters. The fourth-order valence-electron chi connectivity index (χ4n) is 2.61. The molecule has 5 heteroatoms. The zero-order chi connectivity index (χ0) is 13.0. The van der Waals surface area contributed by atoms with Crippen molar-refractivity contribution in [3.63, 3.8) is 0 Å². The molecule has 0 bridgehead atoms. The Balaban J connectivity index is 1.76. The number of hydrogen-bond acceptors (Lipinski definition) is 4. The van der Waals surface area contributed by atoms with Gasteiger partial charge in [-0.25, -0.2) is 5.84 Å². The van der Waals surface area contributed by atoms with Gasteiger partial charge in [-0.2, -0.15) is 0 Å². The molecule has 2 unspecified atom stereocenters. The first-order valence-electron chi connectivity index (χ1n) is 7.14. The van der Waals surface area contributed by atoms with Crippen LogP contribution < -0.4 is 11.3 Å². The van der Waals surface area contributed by atoms with Crippen LogP contribution in [0.3, 0.4) is 0 Å². The predicted octanol–water partition coefficient (Wildman–Crippen LogP) is 0.788. The summed E-state index contributed by atoms with van der Waals surface area (Å²) in [7, 11) is 0. The quantitative estimate of drug-likeness (QED) is 0.401. The number of ether oxygens (including phenoxy) is 1. The lowest BCUT2D eigenvalue weighted by atomic mass is 10.1. The van der Waals surface area contributed by atoms with E-state index in [0.717, 1.165) is 32.0 Å². The molecule has 1 amide bonds. The number of unbranched alkanes of at least 4 members (excludes halogenated alkanes) is 1. The third-order valence-corrected chi connectivity index (χ3v) is 3.84. The molecule has 104 valence electrons. The molecule has 1 aliphatic heterocycles. The summed E-state index contributed by atoms with van der Waals surface area (Å²) in [6.45, 7) is 4.35. The topological polar surface area (TPSA) is 67.6 Å². The Bertz CT molecular complexity index is 281. The van der Waals surface area contributed by atoms with E-state index in [9.17, 15) is 4.79 Å². The molecule has 3 N–H and O–H groups in total. The van der Waals surface area contributed by atoms with E-state index in [1.165, 1.54) is 25.7 Å². The highest BCUT2D eigenvalue weighted by atomic mass is 16.5. The third-order valence-electron chi connectivity index (χ3n) is 3.84. The maximum Gasteiger partial charge on any atom is 0.263 e. The zero-order valence-corrected chi connectivity index (χ0v) is 11.2. The van der Waals surface area contributed by atoms with Gasteiger partial charge in [0.1, 0.15) is 6.10 Å². The van der Waals surface area contributed by atoms with E-state index in [1.54, 1.807) is 0 Å². The number of nitrogens with two attached hydrogens (primary N) is 1. The second-order valence-electron chi connectivity index (χ2n) is 5.41. The number of amides is 1. The molecule has 2 aliphatic rings. The lowest BCUT2D eigenvalue weighted by Crippen LogP contribution is -2.40. The SMILES string of the molecule is CCCCN(CC1CCC(C(=O)NN)O1)C1CC1. The van der Waals surface area contributed by atoms with E-state index in [1.807, 2.05) is 0 Å². The summed E-state index contributed by atoms with van der Waals surface area (Å²) in [6, 6.07) is 0.766. The second-order valence-corrected chi connectivity index (χ2v) is 5.41. The summed E-state index contributed by atoms with van der Waals surface area (Å²) in [5.74, 6) is 4.94. The van der Waals surface area contributed by atoms with Crippen molar-refractivity contribution >= 4 is 5.91 Å².